The standard InChI is InChI=1S/C32H41ClN2O4S/c1-20-6-4-9-30(36)28-13-10-24(28)18-35(3)29-17-23(32(37)34-40(38)21(20)2)11-15-31(29)39-19-25-8-5-7-22-16-26(33)12-14-27(22)25/h4,9,11-12,14-17,20-21,24-25,28,30,36H,5-8,10,13,18-19H2,1-3H3,(H,34,37)/b9-4+. The summed E-state index contributed by atoms with van der Waals surface area (Å²) in [4.78, 5) is 15.3. The number of rotatable bonds is 3. The fourth-order valence-electron chi connectivity index (χ4n) is 6.27. The number of nitrogens with zero attached hydrogens (tertiary/aromatic N) is 1. The number of hydrogen-bond acceptors (Lipinski definition) is 5. The van der Waals surface area contributed by atoms with Gasteiger partial charge in [-0.15, -0.1) is 0 Å². The predicted octanol–water partition coefficient (Wildman–Crippen LogP) is 6.04. The van der Waals surface area contributed by atoms with Gasteiger partial charge in [0.05, 0.1) is 23.6 Å². The molecule has 8 heteroatoms. The van der Waals surface area contributed by atoms with Crippen molar-refractivity contribution in [2.45, 2.75) is 69.6 Å². The van der Waals surface area contributed by atoms with Gasteiger partial charge < -0.3 is 14.7 Å². The Morgan fingerprint density at radius 2 is 1.98 bits per heavy atom. The number of benzene rings is 2. The summed E-state index contributed by atoms with van der Waals surface area (Å²) >= 11 is 6.25. The summed E-state index contributed by atoms with van der Waals surface area (Å²) in [5.41, 5.74) is 3.88. The van der Waals surface area contributed by atoms with Crippen LogP contribution in [0, 0.1) is 17.8 Å². The third-order valence-corrected chi connectivity index (χ3v) is 11.0. The molecule has 2 aromatic carbocycles. The molecule has 1 saturated carbocycles. The number of ether oxygens (including phenoxy) is 1. The maximum Gasteiger partial charge on any atom is 0.263 e. The second-order valence-electron chi connectivity index (χ2n) is 11.9. The first-order chi connectivity index (χ1) is 19.2. The Morgan fingerprint density at radius 3 is 2.75 bits per heavy atom. The van der Waals surface area contributed by atoms with Gasteiger partial charge in [-0.25, -0.2) is 4.21 Å². The topological polar surface area (TPSA) is 78.9 Å². The number of anilines is 1. The van der Waals surface area contributed by atoms with Gasteiger partial charge in [0.2, 0.25) is 0 Å². The van der Waals surface area contributed by atoms with E-state index in [2.05, 4.69) is 21.8 Å². The average molecular weight is 585 g/mol. The Bertz CT molecular complexity index is 1280. The highest BCUT2D eigenvalue weighted by molar-refractivity contribution is 7.84. The van der Waals surface area contributed by atoms with E-state index in [1.807, 2.05) is 51.2 Å². The lowest BCUT2D eigenvalue weighted by atomic mass is 9.70. The molecule has 0 aromatic heterocycles. The number of hydrogen-bond donors (Lipinski definition) is 2. The van der Waals surface area contributed by atoms with E-state index in [1.165, 1.54) is 11.1 Å². The third-order valence-electron chi connectivity index (χ3n) is 9.21. The zero-order valence-electron chi connectivity index (χ0n) is 23.6. The van der Waals surface area contributed by atoms with Crippen molar-refractivity contribution in [3.05, 3.63) is 70.3 Å². The fourth-order valence-corrected chi connectivity index (χ4v) is 7.48. The molecule has 40 heavy (non-hydrogen) atoms. The number of carbonyl (C=O) groups excluding carboxylic acids is 1. The number of aliphatic hydroxyl groups excluding tert-OH is 1. The Kier molecular flexibility index (Phi) is 9.23. The molecule has 0 saturated heterocycles. The third kappa shape index (κ3) is 6.42. The van der Waals surface area contributed by atoms with Crippen LogP contribution >= 0.6 is 11.6 Å². The highest BCUT2D eigenvalue weighted by atomic mass is 35.5. The van der Waals surface area contributed by atoms with E-state index in [1.54, 1.807) is 6.07 Å². The molecule has 2 aliphatic carbocycles. The largest absolute Gasteiger partial charge is 0.491 e. The molecular formula is C32H41ClN2O4S. The molecule has 2 aromatic rings. The monoisotopic (exact) mass is 584 g/mol. The van der Waals surface area contributed by atoms with Crippen molar-refractivity contribution in [1.29, 1.82) is 0 Å². The number of nitrogens with one attached hydrogen (secondary N) is 1. The summed E-state index contributed by atoms with van der Waals surface area (Å²) in [5.74, 6) is 1.29. The Balaban J connectivity index is 1.41. The molecule has 0 spiro atoms. The number of aryl methyl sites for hydroxylation is 1. The first kappa shape index (κ1) is 29.2. The van der Waals surface area contributed by atoms with E-state index < -0.39 is 17.1 Å². The molecule has 216 valence electrons. The van der Waals surface area contributed by atoms with Crippen molar-refractivity contribution >= 4 is 34.2 Å². The first-order valence-electron chi connectivity index (χ1n) is 14.5. The van der Waals surface area contributed by atoms with Crippen LogP contribution in [-0.2, 0) is 17.4 Å². The number of halogens is 1. The van der Waals surface area contributed by atoms with E-state index in [0.29, 0.717) is 24.5 Å². The van der Waals surface area contributed by atoms with Gasteiger partial charge in [0.25, 0.3) is 5.91 Å². The normalized spacial score (nSPS) is 31.8. The summed E-state index contributed by atoms with van der Waals surface area (Å²) in [6.45, 7) is 5.21. The van der Waals surface area contributed by atoms with Gasteiger partial charge in [-0.3, -0.25) is 9.52 Å². The second kappa shape index (κ2) is 12.7. The molecule has 3 aliphatic rings. The molecule has 2 bridgehead atoms. The Hall–Kier alpha value is -2.35. The smallest absolute Gasteiger partial charge is 0.263 e. The lowest BCUT2D eigenvalue weighted by Crippen LogP contribution is -2.42. The second-order valence-corrected chi connectivity index (χ2v) is 13.9. The number of aliphatic hydroxyl groups is 1. The lowest BCUT2D eigenvalue weighted by molar-refractivity contribution is 0.0466. The van der Waals surface area contributed by atoms with Gasteiger partial charge in [0.15, 0.2) is 0 Å². The van der Waals surface area contributed by atoms with Gasteiger partial charge in [-0.2, -0.15) is 0 Å². The molecule has 7 atom stereocenters. The summed E-state index contributed by atoms with van der Waals surface area (Å²) in [6.07, 6.45) is 9.35. The summed E-state index contributed by atoms with van der Waals surface area (Å²) in [6, 6.07) is 11.6. The van der Waals surface area contributed by atoms with Crippen LogP contribution in [0.4, 0.5) is 5.69 Å². The van der Waals surface area contributed by atoms with Crippen molar-refractivity contribution in [3.63, 3.8) is 0 Å². The molecule has 5 rings (SSSR count). The number of fused-ring (bicyclic) bond motifs is 4. The summed E-state index contributed by atoms with van der Waals surface area (Å²) in [7, 11) is 0.487. The molecule has 1 amide bonds. The quantitative estimate of drug-likeness (QED) is 0.430. The molecule has 7 unspecified atom stereocenters. The lowest BCUT2D eigenvalue weighted by Gasteiger charge is -2.41. The Labute approximate surface area is 245 Å². The van der Waals surface area contributed by atoms with Crippen molar-refractivity contribution in [2.24, 2.45) is 17.8 Å². The highest BCUT2D eigenvalue weighted by Crippen LogP contribution is 2.40. The minimum Gasteiger partial charge on any atom is -0.491 e. The van der Waals surface area contributed by atoms with Crippen LogP contribution in [0.15, 0.2) is 48.6 Å². The molecular weight excluding hydrogens is 544 g/mol. The number of allylic oxidation sites excluding steroid dienone is 1. The van der Waals surface area contributed by atoms with Crippen LogP contribution in [0.2, 0.25) is 5.02 Å². The van der Waals surface area contributed by atoms with E-state index in [0.717, 1.165) is 55.1 Å². The highest BCUT2D eigenvalue weighted by Gasteiger charge is 2.36. The van der Waals surface area contributed by atoms with Crippen LogP contribution in [0.25, 0.3) is 0 Å². The van der Waals surface area contributed by atoms with Crippen molar-refractivity contribution in [3.8, 4) is 5.75 Å². The molecule has 1 fully saturated rings. The van der Waals surface area contributed by atoms with Gasteiger partial charge in [-0.05, 0) is 105 Å². The van der Waals surface area contributed by atoms with Crippen LogP contribution in [0.5, 0.6) is 5.75 Å². The minimum atomic E-state index is -1.53. The van der Waals surface area contributed by atoms with Gasteiger partial charge in [-0.1, -0.05) is 36.7 Å². The van der Waals surface area contributed by atoms with E-state index in [9.17, 15) is 14.1 Å². The zero-order valence-corrected chi connectivity index (χ0v) is 25.2. The van der Waals surface area contributed by atoms with E-state index >= 15 is 0 Å². The molecule has 1 aliphatic heterocycles. The molecule has 6 nitrogen and oxygen atoms in total. The number of amides is 1. The van der Waals surface area contributed by atoms with Crippen LogP contribution < -0.4 is 14.4 Å². The SMILES string of the molecule is CC1C/C=C/C(O)C2CCC2CN(C)c2cc(ccc2OCC2CCCc3cc(Cl)ccc32)C(=O)NS(=O)C1C. The van der Waals surface area contributed by atoms with Gasteiger partial charge in [0.1, 0.15) is 16.7 Å². The Morgan fingerprint density at radius 1 is 1.15 bits per heavy atom. The van der Waals surface area contributed by atoms with Crippen molar-refractivity contribution in [2.75, 3.05) is 25.1 Å². The maximum absolute atomic E-state index is 13.2. The van der Waals surface area contributed by atoms with E-state index in [-0.39, 0.29) is 28.9 Å². The van der Waals surface area contributed by atoms with Crippen LogP contribution in [-0.4, -0.2) is 46.8 Å². The van der Waals surface area contributed by atoms with Gasteiger partial charge in [0, 0.05) is 30.1 Å². The van der Waals surface area contributed by atoms with E-state index in [4.69, 9.17) is 16.3 Å². The fraction of sp³-hybridized carbons (Fsp3) is 0.531. The maximum atomic E-state index is 13.2. The summed E-state index contributed by atoms with van der Waals surface area (Å²) in [5, 5.41) is 11.4. The predicted molar refractivity (Wildman–Crippen MR) is 163 cm³/mol. The van der Waals surface area contributed by atoms with Crippen molar-refractivity contribution in [1.82, 2.24) is 4.72 Å². The summed E-state index contributed by atoms with van der Waals surface area (Å²) < 4.78 is 22.2. The van der Waals surface area contributed by atoms with Crippen LogP contribution in [0.3, 0.4) is 0 Å². The molecule has 0 radical (unpaired) electrons. The first-order valence-corrected chi connectivity index (χ1v) is 16.1. The minimum absolute atomic E-state index is 0.0908. The van der Waals surface area contributed by atoms with Crippen LogP contribution in [0.1, 0.15) is 73.4 Å². The molecule has 1 heterocycles. The average Bonchev–Trinajstić information content (AvgIpc) is 2.92. The van der Waals surface area contributed by atoms with Gasteiger partial charge >= 0.3 is 0 Å². The number of carbonyl (C=O) groups is 1. The zero-order chi connectivity index (χ0) is 28.4. The van der Waals surface area contributed by atoms with Crippen molar-refractivity contribution < 1.29 is 18.8 Å². The molecule has 2 N–H and O–H groups in total.